The Bertz CT molecular complexity index is 753. The molecule has 0 bridgehead atoms. The molecule has 3 rings (SSSR count). The lowest BCUT2D eigenvalue weighted by Crippen LogP contribution is -1.89. The number of nitrogens with zero attached hydrogens (tertiary/aromatic N) is 2. The number of hydrogen-bond donors (Lipinski definition) is 1. The molecule has 0 spiro atoms. The van der Waals surface area contributed by atoms with E-state index in [4.69, 9.17) is 10.3 Å². The normalized spacial score (nSPS) is 10.7. The van der Waals surface area contributed by atoms with Crippen LogP contribution in [0.15, 0.2) is 47.0 Å². The van der Waals surface area contributed by atoms with Crippen molar-refractivity contribution in [3.8, 4) is 22.8 Å². The fourth-order valence-corrected chi connectivity index (χ4v) is 1.75. The van der Waals surface area contributed by atoms with E-state index in [0.717, 1.165) is 6.07 Å². The first kappa shape index (κ1) is 12.3. The van der Waals surface area contributed by atoms with Gasteiger partial charge < -0.3 is 10.3 Å². The summed E-state index contributed by atoms with van der Waals surface area (Å²) in [6.45, 7) is 0. The van der Waals surface area contributed by atoms with E-state index < -0.39 is 11.6 Å². The summed E-state index contributed by atoms with van der Waals surface area (Å²) in [7, 11) is 0. The lowest BCUT2D eigenvalue weighted by molar-refractivity contribution is 0.427. The van der Waals surface area contributed by atoms with Crippen molar-refractivity contribution >= 4 is 5.69 Å². The van der Waals surface area contributed by atoms with Gasteiger partial charge in [-0.3, -0.25) is 0 Å². The molecule has 4 nitrogen and oxygen atoms in total. The van der Waals surface area contributed by atoms with Crippen molar-refractivity contribution < 1.29 is 13.3 Å². The van der Waals surface area contributed by atoms with Gasteiger partial charge in [-0.05, 0) is 36.4 Å². The lowest BCUT2D eigenvalue weighted by Gasteiger charge is -1.97. The molecule has 0 amide bonds. The van der Waals surface area contributed by atoms with Crippen LogP contribution < -0.4 is 5.73 Å². The van der Waals surface area contributed by atoms with Gasteiger partial charge in [0.25, 0.3) is 5.89 Å². The smallest absolute Gasteiger partial charge is 0.261 e. The molecule has 0 fully saturated rings. The van der Waals surface area contributed by atoms with E-state index in [2.05, 4.69) is 10.1 Å². The Hall–Kier alpha value is -2.76. The molecule has 100 valence electrons. The Kier molecular flexibility index (Phi) is 2.90. The molecule has 0 saturated carbocycles. The molecule has 20 heavy (non-hydrogen) atoms. The molecule has 1 aromatic heterocycles. The highest BCUT2D eigenvalue weighted by Gasteiger charge is 2.16. The average molecular weight is 273 g/mol. The van der Waals surface area contributed by atoms with Gasteiger partial charge in [0, 0.05) is 11.3 Å². The summed E-state index contributed by atoms with van der Waals surface area (Å²) < 4.78 is 31.8. The highest BCUT2D eigenvalue weighted by Crippen LogP contribution is 2.25. The number of hydrogen-bond acceptors (Lipinski definition) is 4. The fraction of sp³-hybridized carbons (Fsp3) is 0. The molecule has 0 atom stereocenters. The largest absolute Gasteiger partial charge is 0.399 e. The minimum absolute atomic E-state index is 0.0702. The third-order valence-corrected chi connectivity index (χ3v) is 2.78. The number of benzene rings is 2. The molecule has 3 aromatic rings. The van der Waals surface area contributed by atoms with Crippen LogP contribution in [0.3, 0.4) is 0 Å². The van der Waals surface area contributed by atoms with Gasteiger partial charge in [0.1, 0.15) is 0 Å². The SMILES string of the molecule is Nc1ccc(-c2noc(-c3cccc(F)c3F)n2)cc1. The summed E-state index contributed by atoms with van der Waals surface area (Å²) in [6, 6.07) is 10.6. The van der Waals surface area contributed by atoms with Crippen molar-refractivity contribution in [1.29, 1.82) is 0 Å². The maximum Gasteiger partial charge on any atom is 0.261 e. The summed E-state index contributed by atoms with van der Waals surface area (Å²) in [5.41, 5.74) is 6.79. The molecule has 0 aliphatic carbocycles. The maximum absolute atomic E-state index is 13.6. The molecular weight excluding hydrogens is 264 g/mol. The van der Waals surface area contributed by atoms with Gasteiger partial charge >= 0.3 is 0 Å². The van der Waals surface area contributed by atoms with Gasteiger partial charge in [-0.15, -0.1) is 0 Å². The topological polar surface area (TPSA) is 64.9 Å². The standard InChI is InChI=1S/C14H9F2N3O/c15-11-3-1-2-10(12(11)16)14-18-13(19-20-14)8-4-6-9(17)7-5-8/h1-7H,17H2. The highest BCUT2D eigenvalue weighted by atomic mass is 19.2. The minimum Gasteiger partial charge on any atom is -0.399 e. The zero-order valence-electron chi connectivity index (χ0n) is 10.2. The van der Waals surface area contributed by atoms with Crippen LogP contribution in [0.5, 0.6) is 0 Å². The van der Waals surface area contributed by atoms with Gasteiger partial charge in [0.2, 0.25) is 5.82 Å². The minimum atomic E-state index is -1.01. The van der Waals surface area contributed by atoms with E-state index in [1.54, 1.807) is 24.3 Å². The van der Waals surface area contributed by atoms with Crippen LogP contribution in [0.2, 0.25) is 0 Å². The first-order chi connectivity index (χ1) is 9.65. The molecular formula is C14H9F2N3O. The zero-order valence-corrected chi connectivity index (χ0v) is 10.2. The second-order valence-electron chi connectivity index (χ2n) is 4.15. The number of anilines is 1. The summed E-state index contributed by atoms with van der Waals surface area (Å²) in [5, 5.41) is 3.75. The molecule has 0 aliphatic heterocycles. The quantitative estimate of drug-likeness (QED) is 0.728. The van der Waals surface area contributed by atoms with Crippen LogP contribution in [-0.2, 0) is 0 Å². The molecule has 2 N–H and O–H groups in total. The average Bonchev–Trinajstić information content (AvgIpc) is 2.92. The van der Waals surface area contributed by atoms with Crippen LogP contribution >= 0.6 is 0 Å². The summed E-state index contributed by atoms with van der Waals surface area (Å²) in [5.74, 6) is -1.77. The third-order valence-electron chi connectivity index (χ3n) is 2.78. The molecule has 6 heteroatoms. The highest BCUT2D eigenvalue weighted by molar-refractivity contribution is 5.61. The van der Waals surface area contributed by atoms with Crippen molar-refractivity contribution in [2.45, 2.75) is 0 Å². The Labute approximate surface area is 112 Å². The van der Waals surface area contributed by atoms with Crippen molar-refractivity contribution in [2.24, 2.45) is 0 Å². The second kappa shape index (κ2) is 4.73. The van der Waals surface area contributed by atoms with Crippen molar-refractivity contribution in [2.75, 3.05) is 5.73 Å². The number of nitrogens with two attached hydrogens (primary N) is 1. The lowest BCUT2D eigenvalue weighted by atomic mass is 10.2. The summed E-state index contributed by atoms with van der Waals surface area (Å²) >= 11 is 0. The molecule has 0 saturated heterocycles. The van der Waals surface area contributed by atoms with Crippen LogP contribution in [0.25, 0.3) is 22.8 Å². The Morgan fingerprint density at radius 3 is 2.50 bits per heavy atom. The Morgan fingerprint density at radius 1 is 1.00 bits per heavy atom. The number of aromatic nitrogens is 2. The first-order valence-corrected chi connectivity index (χ1v) is 5.79. The number of rotatable bonds is 2. The van der Waals surface area contributed by atoms with E-state index in [9.17, 15) is 8.78 Å². The van der Waals surface area contributed by atoms with Crippen molar-refractivity contribution in [3.05, 3.63) is 54.1 Å². The van der Waals surface area contributed by atoms with Gasteiger partial charge in [-0.2, -0.15) is 4.98 Å². The van der Waals surface area contributed by atoms with Crippen LogP contribution in [0.1, 0.15) is 0 Å². The van der Waals surface area contributed by atoms with Gasteiger partial charge in [0.05, 0.1) is 5.56 Å². The van der Waals surface area contributed by atoms with Crippen LogP contribution in [0.4, 0.5) is 14.5 Å². The van der Waals surface area contributed by atoms with E-state index in [-0.39, 0.29) is 17.3 Å². The predicted molar refractivity (Wildman–Crippen MR) is 69.5 cm³/mol. The monoisotopic (exact) mass is 273 g/mol. The van der Waals surface area contributed by atoms with Crippen molar-refractivity contribution in [3.63, 3.8) is 0 Å². The molecule has 0 radical (unpaired) electrons. The van der Waals surface area contributed by atoms with E-state index in [1.807, 2.05) is 0 Å². The zero-order chi connectivity index (χ0) is 14.1. The van der Waals surface area contributed by atoms with Crippen molar-refractivity contribution in [1.82, 2.24) is 10.1 Å². The summed E-state index contributed by atoms with van der Waals surface area (Å²) in [4.78, 5) is 4.06. The molecule has 2 aromatic carbocycles. The molecule has 0 aliphatic rings. The van der Waals surface area contributed by atoms with Gasteiger partial charge in [-0.25, -0.2) is 8.78 Å². The fourth-order valence-electron chi connectivity index (χ4n) is 1.75. The van der Waals surface area contributed by atoms with E-state index >= 15 is 0 Å². The Morgan fingerprint density at radius 2 is 1.75 bits per heavy atom. The maximum atomic E-state index is 13.6. The Balaban J connectivity index is 2.02. The number of halogens is 2. The first-order valence-electron chi connectivity index (χ1n) is 5.79. The van der Waals surface area contributed by atoms with Crippen LogP contribution in [-0.4, -0.2) is 10.1 Å². The predicted octanol–water partition coefficient (Wildman–Crippen LogP) is 3.26. The van der Waals surface area contributed by atoms with Crippen LogP contribution in [0, 0.1) is 11.6 Å². The number of nitrogen functional groups attached to an aromatic ring is 1. The van der Waals surface area contributed by atoms with E-state index in [1.165, 1.54) is 12.1 Å². The third kappa shape index (κ3) is 2.11. The van der Waals surface area contributed by atoms with Gasteiger partial charge in [-0.1, -0.05) is 11.2 Å². The molecule has 0 unspecified atom stereocenters. The second-order valence-corrected chi connectivity index (χ2v) is 4.15. The van der Waals surface area contributed by atoms with E-state index in [0.29, 0.717) is 11.3 Å². The van der Waals surface area contributed by atoms with Gasteiger partial charge in [0.15, 0.2) is 11.6 Å². The molecule has 1 heterocycles. The summed E-state index contributed by atoms with van der Waals surface area (Å²) in [6.07, 6.45) is 0.